The molecule has 0 spiro atoms. The highest BCUT2D eigenvalue weighted by Gasteiger charge is 2.12. The standard InChI is InChI=1S/C10H14N4/c1-6(2)14-10-9(7(3)13-14)8(11)4-5-12-10/h4-6H,1-3H3,(H2,11,12). The first-order chi connectivity index (χ1) is 6.61. The number of nitrogens with two attached hydrogens (primary N) is 1. The van der Waals surface area contributed by atoms with E-state index in [2.05, 4.69) is 23.9 Å². The van der Waals surface area contributed by atoms with E-state index < -0.39 is 0 Å². The number of hydrogen-bond acceptors (Lipinski definition) is 3. The van der Waals surface area contributed by atoms with Crippen LogP contribution in [0.1, 0.15) is 25.6 Å². The van der Waals surface area contributed by atoms with Gasteiger partial charge in [-0.1, -0.05) is 0 Å². The largest absolute Gasteiger partial charge is 0.398 e. The molecule has 2 aromatic heterocycles. The zero-order chi connectivity index (χ0) is 10.3. The highest BCUT2D eigenvalue weighted by molar-refractivity contribution is 5.90. The van der Waals surface area contributed by atoms with Gasteiger partial charge in [0.15, 0.2) is 5.65 Å². The van der Waals surface area contributed by atoms with Crippen LogP contribution in [0.5, 0.6) is 0 Å². The summed E-state index contributed by atoms with van der Waals surface area (Å²) in [6.45, 7) is 6.12. The van der Waals surface area contributed by atoms with Crippen LogP contribution in [0, 0.1) is 6.92 Å². The maximum Gasteiger partial charge on any atom is 0.160 e. The molecule has 0 aromatic carbocycles. The van der Waals surface area contributed by atoms with Crippen LogP contribution >= 0.6 is 0 Å². The van der Waals surface area contributed by atoms with Crippen LogP contribution in [-0.2, 0) is 0 Å². The molecule has 2 heterocycles. The van der Waals surface area contributed by atoms with Crippen LogP contribution in [0.4, 0.5) is 5.69 Å². The number of hydrogen-bond donors (Lipinski definition) is 1. The lowest BCUT2D eigenvalue weighted by Crippen LogP contribution is -2.03. The van der Waals surface area contributed by atoms with E-state index in [0.717, 1.165) is 22.4 Å². The molecule has 0 amide bonds. The van der Waals surface area contributed by atoms with Gasteiger partial charge in [0.2, 0.25) is 0 Å². The van der Waals surface area contributed by atoms with Crippen molar-refractivity contribution in [1.82, 2.24) is 14.8 Å². The molecule has 0 atom stereocenters. The molecule has 0 unspecified atom stereocenters. The molecule has 14 heavy (non-hydrogen) atoms. The number of nitrogens with zero attached hydrogens (tertiary/aromatic N) is 3. The molecular weight excluding hydrogens is 176 g/mol. The molecule has 0 aliphatic carbocycles. The van der Waals surface area contributed by atoms with E-state index in [-0.39, 0.29) is 0 Å². The summed E-state index contributed by atoms with van der Waals surface area (Å²) in [5.41, 5.74) is 8.44. The topological polar surface area (TPSA) is 56.7 Å². The number of pyridine rings is 1. The van der Waals surface area contributed by atoms with E-state index in [0.29, 0.717) is 6.04 Å². The van der Waals surface area contributed by atoms with Crippen molar-refractivity contribution in [3.05, 3.63) is 18.0 Å². The van der Waals surface area contributed by atoms with Crippen molar-refractivity contribution in [1.29, 1.82) is 0 Å². The molecule has 0 fully saturated rings. The Hall–Kier alpha value is -1.58. The summed E-state index contributed by atoms with van der Waals surface area (Å²) in [5.74, 6) is 0. The minimum absolute atomic E-state index is 0.306. The summed E-state index contributed by atoms with van der Waals surface area (Å²) in [4.78, 5) is 4.30. The zero-order valence-electron chi connectivity index (χ0n) is 8.65. The molecule has 0 saturated heterocycles. The van der Waals surface area contributed by atoms with Crippen molar-refractivity contribution in [2.45, 2.75) is 26.8 Å². The summed E-state index contributed by atoms with van der Waals surface area (Å²) in [6, 6.07) is 2.11. The average molecular weight is 190 g/mol. The maximum absolute atomic E-state index is 5.88. The fourth-order valence-corrected chi connectivity index (χ4v) is 1.63. The average Bonchev–Trinajstić information content (AvgIpc) is 2.45. The van der Waals surface area contributed by atoms with Gasteiger partial charge in [0.1, 0.15) is 0 Å². The van der Waals surface area contributed by atoms with Gasteiger partial charge in [0.05, 0.1) is 11.1 Å². The number of anilines is 1. The summed E-state index contributed by atoms with van der Waals surface area (Å²) < 4.78 is 1.90. The number of fused-ring (bicyclic) bond motifs is 1. The van der Waals surface area contributed by atoms with E-state index in [1.807, 2.05) is 17.7 Å². The predicted molar refractivity (Wildman–Crippen MR) is 57.1 cm³/mol. The number of rotatable bonds is 1. The van der Waals surface area contributed by atoms with E-state index in [9.17, 15) is 0 Å². The van der Waals surface area contributed by atoms with Gasteiger partial charge in [0.25, 0.3) is 0 Å². The first kappa shape index (κ1) is 8.99. The Kier molecular flexibility index (Phi) is 1.91. The van der Waals surface area contributed by atoms with Crippen LogP contribution in [0.3, 0.4) is 0 Å². The molecule has 74 valence electrons. The molecule has 2 rings (SSSR count). The molecule has 0 aliphatic rings. The smallest absolute Gasteiger partial charge is 0.160 e. The molecule has 0 aliphatic heterocycles. The van der Waals surface area contributed by atoms with Crippen LogP contribution in [0.15, 0.2) is 12.3 Å². The Morgan fingerprint density at radius 3 is 2.79 bits per heavy atom. The highest BCUT2D eigenvalue weighted by atomic mass is 15.3. The van der Waals surface area contributed by atoms with Gasteiger partial charge in [-0.25, -0.2) is 9.67 Å². The lowest BCUT2D eigenvalue weighted by molar-refractivity contribution is 0.542. The second kappa shape index (κ2) is 2.97. The van der Waals surface area contributed by atoms with Crippen molar-refractivity contribution in [2.75, 3.05) is 5.73 Å². The van der Waals surface area contributed by atoms with Crippen molar-refractivity contribution in [3.63, 3.8) is 0 Å². The maximum atomic E-state index is 5.88. The second-order valence-corrected chi connectivity index (χ2v) is 3.72. The third kappa shape index (κ3) is 1.14. The summed E-state index contributed by atoms with van der Waals surface area (Å²) in [6.07, 6.45) is 1.72. The Morgan fingerprint density at radius 2 is 2.14 bits per heavy atom. The van der Waals surface area contributed by atoms with Gasteiger partial charge < -0.3 is 5.73 Å². The minimum Gasteiger partial charge on any atom is -0.398 e. The van der Waals surface area contributed by atoms with Gasteiger partial charge in [-0.3, -0.25) is 0 Å². The second-order valence-electron chi connectivity index (χ2n) is 3.72. The van der Waals surface area contributed by atoms with Crippen LogP contribution in [0.25, 0.3) is 11.0 Å². The Morgan fingerprint density at radius 1 is 1.43 bits per heavy atom. The Labute approximate surface area is 82.7 Å². The Balaban J connectivity index is 2.84. The number of nitrogen functional groups attached to an aromatic ring is 1. The monoisotopic (exact) mass is 190 g/mol. The first-order valence-electron chi connectivity index (χ1n) is 4.70. The van der Waals surface area contributed by atoms with Crippen molar-refractivity contribution < 1.29 is 0 Å². The van der Waals surface area contributed by atoms with Crippen LogP contribution < -0.4 is 5.73 Å². The molecule has 2 N–H and O–H groups in total. The summed E-state index contributed by atoms with van der Waals surface area (Å²) in [7, 11) is 0. The molecule has 4 heteroatoms. The Bertz CT molecular complexity index is 470. The third-order valence-corrected chi connectivity index (χ3v) is 2.29. The van der Waals surface area contributed by atoms with Crippen molar-refractivity contribution in [3.8, 4) is 0 Å². The summed E-state index contributed by atoms with van der Waals surface area (Å²) in [5, 5.41) is 5.40. The molecule has 0 bridgehead atoms. The van der Waals surface area contributed by atoms with Gasteiger partial charge in [-0.05, 0) is 26.8 Å². The van der Waals surface area contributed by atoms with E-state index in [1.165, 1.54) is 0 Å². The predicted octanol–water partition coefficient (Wildman–Crippen LogP) is 1.90. The quantitative estimate of drug-likeness (QED) is 0.747. The van der Waals surface area contributed by atoms with E-state index >= 15 is 0 Å². The SMILES string of the molecule is Cc1nn(C(C)C)c2nccc(N)c12. The normalized spacial score (nSPS) is 11.4. The number of aromatic nitrogens is 3. The fraction of sp³-hybridized carbons (Fsp3) is 0.400. The van der Waals surface area contributed by atoms with Crippen LogP contribution in [0.2, 0.25) is 0 Å². The van der Waals surface area contributed by atoms with Crippen molar-refractivity contribution >= 4 is 16.7 Å². The summed E-state index contributed by atoms with van der Waals surface area (Å²) >= 11 is 0. The third-order valence-electron chi connectivity index (χ3n) is 2.29. The molecule has 4 nitrogen and oxygen atoms in total. The first-order valence-corrected chi connectivity index (χ1v) is 4.70. The molecule has 0 saturated carbocycles. The fourth-order valence-electron chi connectivity index (χ4n) is 1.63. The minimum atomic E-state index is 0.306. The zero-order valence-corrected chi connectivity index (χ0v) is 8.65. The highest BCUT2D eigenvalue weighted by Crippen LogP contribution is 2.24. The molecule has 2 aromatic rings. The lowest BCUT2D eigenvalue weighted by Gasteiger charge is -2.05. The molecular formula is C10H14N4. The van der Waals surface area contributed by atoms with Gasteiger partial charge in [0, 0.05) is 17.9 Å². The van der Waals surface area contributed by atoms with Crippen molar-refractivity contribution in [2.24, 2.45) is 0 Å². The van der Waals surface area contributed by atoms with Gasteiger partial charge in [-0.15, -0.1) is 0 Å². The van der Waals surface area contributed by atoms with Crippen LogP contribution in [-0.4, -0.2) is 14.8 Å². The molecule has 0 radical (unpaired) electrons. The lowest BCUT2D eigenvalue weighted by atomic mass is 10.2. The van der Waals surface area contributed by atoms with E-state index in [1.54, 1.807) is 6.20 Å². The van der Waals surface area contributed by atoms with E-state index in [4.69, 9.17) is 5.73 Å². The van der Waals surface area contributed by atoms with Gasteiger partial charge in [-0.2, -0.15) is 5.10 Å². The number of aryl methyl sites for hydroxylation is 1. The van der Waals surface area contributed by atoms with Gasteiger partial charge >= 0.3 is 0 Å².